The van der Waals surface area contributed by atoms with Crippen LogP contribution in [-0.4, -0.2) is 17.0 Å². The van der Waals surface area contributed by atoms with Crippen molar-refractivity contribution in [1.82, 2.24) is 9.97 Å². The van der Waals surface area contributed by atoms with Crippen molar-refractivity contribution in [3.8, 4) is 0 Å². The Morgan fingerprint density at radius 2 is 1.94 bits per heavy atom. The molecule has 1 unspecified atom stereocenters. The van der Waals surface area contributed by atoms with Crippen LogP contribution in [0.2, 0.25) is 0 Å². The lowest BCUT2D eigenvalue weighted by molar-refractivity contribution is 0.888. The normalized spacial score (nSPS) is 12.2. The summed E-state index contributed by atoms with van der Waals surface area (Å²) in [4.78, 5) is 9.93. The number of nitrogens with zero attached hydrogens (tertiary/aromatic N) is 2. The number of rotatable bonds is 4. The monoisotopic (exact) mass is 262 g/mol. The molecule has 0 saturated carbocycles. The lowest BCUT2D eigenvalue weighted by atomic mass is 10.2. The first-order chi connectivity index (χ1) is 8.60. The second-order valence-electron chi connectivity index (χ2n) is 4.26. The Balaban J connectivity index is 2.15. The summed E-state index contributed by atoms with van der Waals surface area (Å²) in [5.74, 6) is 0. The third kappa shape index (κ3) is 2.79. The summed E-state index contributed by atoms with van der Waals surface area (Å²) in [6, 6.07) is 2.29. The minimum atomic E-state index is 0.241. The molecule has 0 aliphatic rings. The maximum absolute atomic E-state index is 4.46. The molecule has 18 heavy (non-hydrogen) atoms. The second-order valence-corrected chi connectivity index (χ2v) is 5.50. The summed E-state index contributed by atoms with van der Waals surface area (Å²) in [6.45, 7) is 6.24. The van der Waals surface area contributed by atoms with Crippen LogP contribution in [0.5, 0.6) is 0 Å². The molecule has 2 heterocycles. The van der Waals surface area contributed by atoms with Gasteiger partial charge >= 0.3 is 0 Å². The molecule has 5 heteroatoms. The SMILES string of the molecule is CNc1cncc(NC(C)c2sc(C)nc2C)c1. The molecule has 0 saturated heterocycles. The minimum Gasteiger partial charge on any atom is -0.387 e. The molecule has 96 valence electrons. The van der Waals surface area contributed by atoms with Crippen molar-refractivity contribution in [3.63, 3.8) is 0 Å². The van der Waals surface area contributed by atoms with E-state index >= 15 is 0 Å². The van der Waals surface area contributed by atoms with Crippen LogP contribution in [0.4, 0.5) is 11.4 Å². The summed E-state index contributed by atoms with van der Waals surface area (Å²) in [5, 5.41) is 7.65. The predicted octanol–water partition coefficient (Wildman–Crippen LogP) is 3.37. The highest BCUT2D eigenvalue weighted by Gasteiger charge is 2.12. The number of aryl methyl sites for hydroxylation is 2. The van der Waals surface area contributed by atoms with E-state index in [-0.39, 0.29) is 6.04 Å². The Labute approximate surface area is 111 Å². The van der Waals surface area contributed by atoms with Crippen molar-refractivity contribution >= 4 is 22.7 Å². The first-order valence-electron chi connectivity index (χ1n) is 5.93. The van der Waals surface area contributed by atoms with Crippen LogP contribution in [0.3, 0.4) is 0 Å². The van der Waals surface area contributed by atoms with E-state index in [1.807, 2.05) is 26.2 Å². The van der Waals surface area contributed by atoms with Crippen molar-refractivity contribution in [1.29, 1.82) is 0 Å². The van der Waals surface area contributed by atoms with Gasteiger partial charge in [-0.1, -0.05) is 0 Å². The average molecular weight is 262 g/mol. The molecule has 0 spiro atoms. The number of hydrogen-bond acceptors (Lipinski definition) is 5. The summed E-state index contributed by atoms with van der Waals surface area (Å²) >= 11 is 1.74. The fraction of sp³-hybridized carbons (Fsp3) is 0.385. The lowest BCUT2D eigenvalue weighted by Gasteiger charge is -2.14. The Kier molecular flexibility index (Phi) is 3.81. The molecule has 1 atom stereocenters. The predicted molar refractivity (Wildman–Crippen MR) is 77.4 cm³/mol. The molecule has 0 aliphatic heterocycles. The molecule has 2 aromatic rings. The molecule has 2 aromatic heterocycles. The van der Waals surface area contributed by atoms with Gasteiger partial charge in [0.1, 0.15) is 0 Å². The molecular formula is C13H18N4S. The van der Waals surface area contributed by atoms with Gasteiger partial charge in [-0.15, -0.1) is 11.3 Å². The van der Waals surface area contributed by atoms with E-state index in [0.717, 1.165) is 22.1 Å². The number of thiazole rings is 1. The van der Waals surface area contributed by atoms with E-state index in [1.165, 1.54) is 4.88 Å². The van der Waals surface area contributed by atoms with Crippen LogP contribution in [0.25, 0.3) is 0 Å². The van der Waals surface area contributed by atoms with E-state index in [1.54, 1.807) is 17.5 Å². The number of hydrogen-bond donors (Lipinski definition) is 2. The van der Waals surface area contributed by atoms with Gasteiger partial charge in [-0.2, -0.15) is 0 Å². The highest BCUT2D eigenvalue weighted by molar-refractivity contribution is 7.11. The van der Waals surface area contributed by atoms with Crippen LogP contribution < -0.4 is 10.6 Å². The topological polar surface area (TPSA) is 49.8 Å². The molecule has 0 aromatic carbocycles. The zero-order valence-electron chi connectivity index (χ0n) is 11.1. The highest BCUT2D eigenvalue weighted by atomic mass is 32.1. The van der Waals surface area contributed by atoms with Gasteiger partial charge in [0.25, 0.3) is 0 Å². The molecule has 0 bridgehead atoms. The first kappa shape index (κ1) is 12.8. The van der Waals surface area contributed by atoms with Crippen molar-refractivity contribution in [2.24, 2.45) is 0 Å². The van der Waals surface area contributed by atoms with Crippen molar-refractivity contribution in [2.75, 3.05) is 17.7 Å². The summed E-state index contributed by atoms with van der Waals surface area (Å²) < 4.78 is 0. The molecule has 0 radical (unpaired) electrons. The second kappa shape index (κ2) is 5.35. The fourth-order valence-corrected chi connectivity index (χ4v) is 2.85. The van der Waals surface area contributed by atoms with Gasteiger partial charge in [0.05, 0.1) is 40.5 Å². The summed E-state index contributed by atoms with van der Waals surface area (Å²) in [5.41, 5.74) is 3.12. The maximum Gasteiger partial charge on any atom is 0.0900 e. The Morgan fingerprint density at radius 3 is 2.56 bits per heavy atom. The summed E-state index contributed by atoms with van der Waals surface area (Å²) in [7, 11) is 1.89. The molecule has 2 N–H and O–H groups in total. The van der Waals surface area contributed by atoms with Crippen molar-refractivity contribution < 1.29 is 0 Å². The van der Waals surface area contributed by atoms with Crippen LogP contribution in [0.15, 0.2) is 18.5 Å². The number of anilines is 2. The summed E-state index contributed by atoms with van der Waals surface area (Å²) in [6.07, 6.45) is 3.64. The average Bonchev–Trinajstić information content (AvgIpc) is 2.69. The van der Waals surface area contributed by atoms with E-state index in [4.69, 9.17) is 0 Å². The van der Waals surface area contributed by atoms with E-state index in [2.05, 4.69) is 34.4 Å². The number of pyridine rings is 1. The van der Waals surface area contributed by atoms with E-state index in [9.17, 15) is 0 Å². The van der Waals surface area contributed by atoms with Gasteiger partial charge < -0.3 is 10.6 Å². The van der Waals surface area contributed by atoms with E-state index < -0.39 is 0 Å². The first-order valence-corrected chi connectivity index (χ1v) is 6.75. The van der Waals surface area contributed by atoms with Crippen molar-refractivity contribution in [2.45, 2.75) is 26.8 Å². The molecule has 4 nitrogen and oxygen atoms in total. The quantitative estimate of drug-likeness (QED) is 0.887. The standard InChI is InChI=1S/C13H18N4S/c1-8-13(18-10(3)16-8)9(2)17-12-5-11(14-4)6-15-7-12/h5-7,9,14,17H,1-4H3. The Hall–Kier alpha value is -1.62. The molecule has 2 rings (SSSR count). The Morgan fingerprint density at radius 1 is 1.22 bits per heavy atom. The van der Waals surface area contributed by atoms with Gasteiger partial charge in [-0.25, -0.2) is 4.98 Å². The number of aromatic nitrogens is 2. The van der Waals surface area contributed by atoms with Gasteiger partial charge in [0.2, 0.25) is 0 Å². The zero-order chi connectivity index (χ0) is 13.1. The van der Waals surface area contributed by atoms with Crippen LogP contribution in [-0.2, 0) is 0 Å². The third-order valence-corrected chi connectivity index (χ3v) is 4.00. The van der Waals surface area contributed by atoms with E-state index in [0.29, 0.717) is 0 Å². The van der Waals surface area contributed by atoms with Gasteiger partial charge in [-0.05, 0) is 26.8 Å². The lowest BCUT2D eigenvalue weighted by Crippen LogP contribution is -2.06. The number of nitrogens with one attached hydrogen (secondary N) is 2. The minimum absolute atomic E-state index is 0.241. The van der Waals surface area contributed by atoms with Crippen LogP contribution in [0.1, 0.15) is 28.5 Å². The highest BCUT2D eigenvalue weighted by Crippen LogP contribution is 2.27. The zero-order valence-corrected chi connectivity index (χ0v) is 11.9. The smallest absolute Gasteiger partial charge is 0.0900 e. The molecular weight excluding hydrogens is 244 g/mol. The molecule has 0 amide bonds. The van der Waals surface area contributed by atoms with Crippen LogP contribution in [0, 0.1) is 13.8 Å². The molecule has 0 aliphatic carbocycles. The largest absolute Gasteiger partial charge is 0.387 e. The third-order valence-electron chi connectivity index (χ3n) is 2.74. The Bertz CT molecular complexity index is 536. The fourth-order valence-electron chi connectivity index (χ4n) is 1.92. The van der Waals surface area contributed by atoms with Gasteiger partial charge in [0, 0.05) is 11.9 Å². The van der Waals surface area contributed by atoms with Gasteiger partial charge in [0.15, 0.2) is 0 Å². The van der Waals surface area contributed by atoms with Gasteiger partial charge in [-0.3, -0.25) is 4.98 Å². The molecule has 0 fully saturated rings. The van der Waals surface area contributed by atoms with Crippen molar-refractivity contribution in [3.05, 3.63) is 34.0 Å². The maximum atomic E-state index is 4.46. The van der Waals surface area contributed by atoms with Crippen LogP contribution >= 0.6 is 11.3 Å².